The van der Waals surface area contributed by atoms with Crippen LogP contribution < -0.4 is 10.6 Å². The van der Waals surface area contributed by atoms with Crippen molar-refractivity contribution in [2.45, 2.75) is 91.8 Å². The van der Waals surface area contributed by atoms with Gasteiger partial charge in [0, 0.05) is 59.0 Å². The summed E-state index contributed by atoms with van der Waals surface area (Å²) in [4.78, 5) is 87.7. The maximum atomic E-state index is 14.6. The topological polar surface area (TPSA) is 238 Å². The molecule has 0 bridgehead atoms. The molecule has 0 spiro atoms. The Morgan fingerprint density at radius 2 is 1.01 bits per heavy atom. The molecule has 22 nitrogen and oxygen atoms in total. The first kappa shape index (κ1) is 64.8. The third-order valence-electron chi connectivity index (χ3n) is 10.1. The molecule has 1 aromatic rings. The molecule has 2 rings (SSSR count). The highest BCUT2D eigenvalue weighted by Gasteiger charge is 2.42. The number of rotatable bonds is 31. The number of ether oxygens (including phenoxy) is 11. The molecule has 2 atom stereocenters. The lowest BCUT2D eigenvalue weighted by atomic mass is 9.95. The number of benzene rings is 1. The molecule has 22 heteroatoms. The van der Waals surface area contributed by atoms with E-state index in [0.29, 0.717) is 65.9 Å². The fourth-order valence-electron chi connectivity index (χ4n) is 7.00. The van der Waals surface area contributed by atoms with Gasteiger partial charge in [-0.3, -0.25) is 43.5 Å². The van der Waals surface area contributed by atoms with Crippen molar-refractivity contribution in [3.05, 3.63) is 35.9 Å². The van der Waals surface area contributed by atoms with Gasteiger partial charge in [0.05, 0.1) is 92.3 Å². The Kier molecular flexibility index (Phi) is 31.7. The number of hydrogen-bond acceptors (Lipinski definition) is 21. The molecule has 1 fully saturated rings. The van der Waals surface area contributed by atoms with E-state index in [2.05, 4.69) is 10.6 Å². The van der Waals surface area contributed by atoms with Crippen molar-refractivity contribution in [1.82, 2.24) is 25.3 Å². The van der Waals surface area contributed by atoms with Crippen LogP contribution in [0.3, 0.4) is 0 Å². The summed E-state index contributed by atoms with van der Waals surface area (Å²) in [7, 11) is 1.61. The van der Waals surface area contributed by atoms with Gasteiger partial charge in [-0.25, -0.2) is 0 Å². The van der Waals surface area contributed by atoms with Gasteiger partial charge in [0.25, 0.3) is 0 Å². The van der Waals surface area contributed by atoms with E-state index in [1.54, 1.807) is 103 Å². The van der Waals surface area contributed by atoms with E-state index in [4.69, 9.17) is 52.1 Å². The highest BCUT2D eigenvalue weighted by Crippen LogP contribution is 2.20. The first-order valence-electron chi connectivity index (χ1n) is 25.1. The Hall–Kier alpha value is -4.36. The summed E-state index contributed by atoms with van der Waals surface area (Å²) in [5, 5.41) is 5.92. The summed E-state index contributed by atoms with van der Waals surface area (Å²) in [6.07, 6.45) is 0. The Morgan fingerprint density at radius 3 is 1.52 bits per heavy atom. The van der Waals surface area contributed by atoms with Gasteiger partial charge < -0.3 is 62.7 Å². The monoisotopic (exact) mass is 1040 g/mol. The second-order valence-electron chi connectivity index (χ2n) is 20.1. The summed E-state index contributed by atoms with van der Waals surface area (Å²) < 4.78 is 60.8. The van der Waals surface area contributed by atoms with E-state index in [-0.39, 0.29) is 85.4 Å². The second kappa shape index (κ2) is 35.8. The molecule has 0 saturated carbocycles. The third kappa shape index (κ3) is 33.2. The number of hydrogen-bond donors (Lipinski definition) is 2. The van der Waals surface area contributed by atoms with Crippen LogP contribution in [0.1, 0.15) is 67.9 Å². The predicted molar refractivity (Wildman–Crippen MR) is 268 cm³/mol. The van der Waals surface area contributed by atoms with E-state index in [1.807, 2.05) is 11.0 Å². The molecule has 0 aliphatic carbocycles. The largest absolute Gasteiger partial charge is 0.463 e. The fourth-order valence-corrected chi connectivity index (χ4v) is 7.00. The smallest absolute Gasteiger partial charge is 0.325 e. The van der Waals surface area contributed by atoms with Gasteiger partial charge in [0.1, 0.15) is 36.6 Å². The summed E-state index contributed by atoms with van der Waals surface area (Å²) >= 11 is 0. The van der Waals surface area contributed by atoms with E-state index in [0.717, 1.165) is 5.56 Å². The van der Waals surface area contributed by atoms with Crippen molar-refractivity contribution in [2.75, 3.05) is 158 Å². The van der Waals surface area contributed by atoms with Crippen LogP contribution in [0.5, 0.6) is 0 Å². The highest BCUT2D eigenvalue weighted by atomic mass is 16.6. The molecular formula is C51H87N5O17. The molecule has 1 heterocycles. The van der Waals surface area contributed by atoms with Gasteiger partial charge in [-0.15, -0.1) is 0 Å². The molecule has 1 amide bonds. The van der Waals surface area contributed by atoms with Crippen molar-refractivity contribution in [2.24, 2.45) is 5.92 Å². The zero-order valence-electron chi connectivity index (χ0n) is 45.3. The molecule has 73 heavy (non-hydrogen) atoms. The van der Waals surface area contributed by atoms with Gasteiger partial charge >= 0.3 is 29.8 Å². The average Bonchev–Trinajstić information content (AvgIpc) is 3.28. The normalized spacial score (nSPS) is 16.3. The predicted octanol–water partition coefficient (Wildman–Crippen LogP) is 1.64. The van der Waals surface area contributed by atoms with Gasteiger partial charge in [0.15, 0.2) is 5.92 Å². The highest BCUT2D eigenvalue weighted by molar-refractivity contribution is 5.99. The molecule has 2 unspecified atom stereocenters. The number of nitrogens with zero attached hydrogens (tertiary/aromatic N) is 3. The summed E-state index contributed by atoms with van der Waals surface area (Å²) in [5.74, 6) is -5.96. The van der Waals surface area contributed by atoms with Gasteiger partial charge in [-0.05, 0) is 67.9 Å². The van der Waals surface area contributed by atoms with Crippen molar-refractivity contribution in [3.63, 3.8) is 0 Å². The molecule has 1 aliphatic heterocycles. The van der Waals surface area contributed by atoms with Crippen LogP contribution in [0.15, 0.2) is 30.3 Å². The lowest BCUT2D eigenvalue weighted by Crippen LogP contribution is -2.59. The quantitative estimate of drug-likeness (QED) is 0.0465. The lowest BCUT2D eigenvalue weighted by Gasteiger charge is -2.39. The Bertz CT molecular complexity index is 1740. The van der Waals surface area contributed by atoms with E-state index >= 15 is 0 Å². The maximum absolute atomic E-state index is 14.6. The minimum absolute atomic E-state index is 0.0444. The fraction of sp³-hybridized carbons (Fsp3) is 0.765. The van der Waals surface area contributed by atoms with E-state index in [1.165, 1.54) is 0 Å². The average molecular weight is 1040 g/mol. The van der Waals surface area contributed by atoms with Crippen molar-refractivity contribution >= 4 is 35.8 Å². The number of carbonyl (C=O) groups is 6. The van der Waals surface area contributed by atoms with Gasteiger partial charge in [-0.2, -0.15) is 0 Å². The van der Waals surface area contributed by atoms with Crippen molar-refractivity contribution in [3.8, 4) is 0 Å². The van der Waals surface area contributed by atoms with Gasteiger partial charge in [0.2, 0.25) is 5.91 Å². The van der Waals surface area contributed by atoms with Crippen LogP contribution in [0.25, 0.3) is 0 Å². The number of methoxy groups -OCH3 is 1. The summed E-state index contributed by atoms with van der Waals surface area (Å²) in [6, 6.07) is 7.82. The SMILES string of the molecule is COCCOCCOCCOCCOCCOCCOC(=O)C(C(=O)NCC(=O)OCc1ccccc1)C1CN(CC(=O)OC(C)(C)C)CCN(CC(=O)OC(C)(C)C)CCNCCN1CC(=O)OC(C)(C)C. The molecular weight excluding hydrogens is 955 g/mol. The summed E-state index contributed by atoms with van der Waals surface area (Å²) in [5.41, 5.74) is -1.70. The summed E-state index contributed by atoms with van der Waals surface area (Å²) in [6.45, 7) is 19.4. The Labute approximate surface area is 432 Å². The molecule has 418 valence electrons. The first-order valence-corrected chi connectivity index (χ1v) is 25.1. The molecule has 1 saturated heterocycles. The molecule has 1 aliphatic rings. The number of nitrogens with one attached hydrogen (secondary N) is 2. The number of amides is 1. The standard InChI is InChI=1S/C51H87N5O17/c1-49(2,3)71-43(58)36-54-18-16-52-17-19-56(38-45(60)73-51(7,8)9)41(35-55(21-20-54)37-44(59)72-50(4,5)6)46(47(61)53-34-42(57)70-39-40-14-12-11-13-15-40)48(62)69-33-32-68-31-30-67-29-28-66-27-26-65-25-24-64-23-22-63-10/h11-15,41,46,52H,16-39H2,1-10H3,(H,53,61). The second-order valence-corrected chi connectivity index (χ2v) is 20.1. The van der Waals surface area contributed by atoms with Crippen molar-refractivity contribution < 1.29 is 80.9 Å². The minimum Gasteiger partial charge on any atom is -0.463 e. The van der Waals surface area contributed by atoms with Crippen LogP contribution in [-0.4, -0.2) is 232 Å². The van der Waals surface area contributed by atoms with Crippen LogP contribution in [0.2, 0.25) is 0 Å². The number of esters is 5. The van der Waals surface area contributed by atoms with Crippen LogP contribution in [0.4, 0.5) is 0 Å². The molecule has 2 N–H and O–H groups in total. The van der Waals surface area contributed by atoms with Crippen LogP contribution >= 0.6 is 0 Å². The lowest BCUT2D eigenvalue weighted by molar-refractivity contribution is -0.164. The number of carbonyl (C=O) groups excluding carboxylic acids is 6. The Morgan fingerprint density at radius 1 is 0.562 bits per heavy atom. The molecule has 0 aromatic heterocycles. The minimum atomic E-state index is -1.69. The van der Waals surface area contributed by atoms with Crippen LogP contribution in [-0.2, 0) is 87.5 Å². The van der Waals surface area contributed by atoms with E-state index in [9.17, 15) is 28.8 Å². The Balaban J connectivity index is 2.37. The maximum Gasteiger partial charge on any atom is 0.325 e. The van der Waals surface area contributed by atoms with Crippen molar-refractivity contribution in [1.29, 1.82) is 0 Å². The zero-order chi connectivity index (χ0) is 54.1. The van der Waals surface area contributed by atoms with Crippen LogP contribution in [0, 0.1) is 5.92 Å². The van der Waals surface area contributed by atoms with Gasteiger partial charge in [-0.1, -0.05) is 30.3 Å². The first-order chi connectivity index (χ1) is 34.5. The van der Waals surface area contributed by atoms with E-state index < -0.39 is 71.1 Å². The third-order valence-corrected chi connectivity index (χ3v) is 10.1. The molecule has 0 radical (unpaired) electrons. The molecule has 1 aromatic carbocycles. The zero-order valence-corrected chi connectivity index (χ0v) is 45.3.